The molecule has 8 heteroatoms. The van der Waals surface area contributed by atoms with E-state index in [4.69, 9.17) is 0 Å². The lowest BCUT2D eigenvalue weighted by Crippen LogP contribution is -1.97. The van der Waals surface area contributed by atoms with Gasteiger partial charge in [0.05, 0.1) is 23.8 Å². The van der Waals surface area contributed by atoms with Gasteiger partial charge in [0.15, 0.2) is 0 Å². The number of nitrogens with zero attached hydrogens (tertiary/aromatic N) is 2. The first kappa shape index (κ1) is 22.5. The van der Waals surface area contributed by atoms with Crippen LogP contribution in [0.5, 0.6) is 0 Å². The lowest BCUT2D eigenvalue weighted by atomic mass is 9.97. The zero-order chi connectivity index (χ0) is 24.5. The number of hydrogen-bond acceptors (Lipinski definition) is 4. The van der Waals surface area contributed by atoms with Crippen LogP contribution in [-0.2, 0) is 9.59 Å². The smallest absolute Gasteiger partial charge is 0.146 e. The quantitative estimate of drug-likeness (QED) is 0.223. The topological polar surface area (TPSA) is 91.5 Å². The maximum atomic E-state index is 10.8. The van der Waals surface area contributed by atoms with Gasteiger partial charge in [-0.1, -0.05) is 48.5 Å². The molecule has 4 aromatic carbocycles. The van der Waals surface area contributed by atoms with Crippen molar-refractivity contribution in [1.29, 1.82) is 0 Å². The van der Waals surface area contributed by atoms with Gasteiger partial charge in [-0.3, -0.25) is 9.59 Å². The fourth-order valence-electron chi connectivity index (χ4n) is 4.38. The first-order chi connectivity index (χ1) is 17.7. The molecule has 0 spiro atoms. The van der Waals surface area contributed by atoms with E-state index < -0.39 is 0 Å². The Labute approximate surface area is 210 Å². The second-order valence-electron chi connectivity index (χ2n) is 8.37. The van der Waals surface area contributed by atoms with Crippen molar-refractivity contribution < 1.29 is 9.59 Å². The maximum absolute atomic E-state index is 10.8. The summed E-state index contributed by atoms with van der Waals surface area (Å²) in [5.41, 5.74) is 7.63. The first-order valence-corrected chi connectivity index (χ1v) is 13.4. The number of carbonyl (C=O) groups is 2. The van der Waals surface area contributed by atoms with Gasteiger partial charge in [-0.05, 0) is 56.9 Å². The lowest BCUT2D eigenvalue weighted by Gasteiger charge is -2.08. The molecule has 36 heavy (non-hydrogen) atoms. The van der Waals surface area contributed by atoms with Gasteiger partial charge in [0.1, 0.15) is 23.2 Å². The monoisotopic (exact) mass is 506 g/mol. The molecule has 0 fully saturated rings. The molecular weight excluding hydrogens is 486 g/mol. The molecule has 2 atom stereocenters. The predicted molar refractivity (Wildman–Crippen MR) is 151 cm³/mol. The molecule has 0 radical (unpaired) electrons. The average molecular weight is 506 g/mol. The molecule has 0 aliphatic rings. The molecule has 174 valence electrons. The van der Waals surface area contributed by atoms with Crippen molar-refractivity contribution in [2.45, 2.75) is 0 Å². The summed E-state index contributed by atoms with van der Waals surface area (Å²) >= 11 is 0. The van der Waals surface area contributed by atoms with E-state index >= 15 is 0 Å². The highest BCUT2D eigenvalue weighted by Crippen LogP contribution is 2.31. The van der Waals surface area contributed by atoms with Crippen LogP contribution in [0.3, 0.4) is 0 Å². The number of aromatic amines is 2. The number of nitrogens with one attached hydrogen (secondary N) is 2. The van der Waals surface area contributed by atoms with E-state index in [0.717, 1.165) is 67.2 Å². The van der Waals surface area contributed by atoms with Crippen molar-refractivity contribution in [3.05, 3.63) is 85.2 Å². The lowest BCUT2D eigenvalue weighted by molar-refractivity contribution is 0.569. The summed E-state index contributed by atoms with van der Waals surface area (Å²) < 4.78 is 0. The van der Waals surface area contributed by atoms with Crippen LogP contribution in [0.1, 0.15) is 0 Å². The second kappa shape index (κ2) is 9.58. The first-order valence-electron chi connectivity index (χ1n) is 11.3. The van der Waals surface area contributed by atoms with E-state index in [2.05, 4.69) is 92.7 Å². The molecule has 6 aromatic rings. The highest BCUT2D eigenvalue weighted by atomic mass is 31.1. The predicted octanol–water partition coefficient (Wildman–Crippen LogP) is 5.43. The van der Waals surface area contributed by atoms with Gasteiger partial charge in [0, 0.05) is 28.3 Å². The van der Waals surface area contributed by atoms with Crippen LogP contribution >= 0.6 is 17.2 Å². The Morgan fingerprint density at radius 1 is 0.528 bits per heavy atom. The number of hydrogen-bond donors (Lipinski definition) is 2. The van der Waals surface area contributed by atoms with Crippen LogP contribution in [0.2, 0.25) is 0 Å². The molecule has 2 heterocycles. The van der Waals surface area contributed by atoms with Gasteiger partial charge in [0.25, 0.3) is 0 Å². The van der Waals surface area contributed by atoms with Crippen LogP contribution in [0, 0.1) is 0 Å². The van der Waals surface area contributed by atoms with Gasteiger partial charge in [-0.25, -0.2) is 9.97 Å². The zero-order valence-corrected chi connectivity index (χ0v) is 20.9. The minimum Gasteiger partial charge on any atom is -0.338 e. The van der Waals surface area contributed by atoms with E-state index in [9.17, 15) is 9.59 Å². The molecule has 0 aliphatic carbocycles. The van der Waals surface area contributed by atoms with Crippen LogP contribution in [-0.4, -0.2) is 32.0 Å². The average Bonchev–Trinajstić information content (AvgIpc) is 3.58. The minimum absolute atomic E-state index is 0.0386. The molecule has 2 unspecified atom stereocenters. The zero-order valence-electron chi connectivity index (χ0n) is 18.9. The molecule has 0 saturated carbocycles. The van der Waals surface area contributed by atoms with E-state index in [1.165, 1.54) is 0 Å². The van der Waals surface area contributed by atoms with Crippen molar-refractivity contribution in [3.63, 3.8) is 0 Å². The Kier molecular flexibility index (Phi) is 5.98. The Hall–Kier alpha value is -3.98. The third-order valence-electron chi connectivity index (χ3n) is 6.18. The second-order valence-corrected chi connectivity index (χ2v) is 10.4. The van der Waals surface area contributed by atoms with Crippen molar-refractivity contribution >= 4 is 61.9 Å². The summed E-state index contributed by atoms with van der Waals surface area (Å²) in [6, 6.07) is 27.4. The highest BCUT2D eigenvalue weighted by Gasteiger charge is 2.08. The van der Waals surface area contributed by atoms with Gasteiger partial charge in [-0.2, -0.15) is 0 Å². The summed E-state index contributed by atoms with van der Waals surface area (Å²) in [5, 5.41) is 4.61. The van der Waals surface area contributed by atoms with Crippen LogP contribution < -0.4 is 11.1 Å². The Morgan fingerprint density at radius 3 is 1.28 bits per heavy atom. The standard InChI is InChI=1S/C28H20N4O2P2/c33-15-35-27-29-13-25(31-27)23-7-5-19-9-17(1-3-21(19)11-23)18-2-4-22-12-24(8-6-20(22)10-18)26-14-30-28(32-26)36-16-34/h1-16,35-36H,(H,29,31)(H,30,32). The molecule has 0 saturated heterocycles. The van der Waals surface area contributed by atoms with E-state index in [-0.39, 0.29) is 17.2 Å². The highest BCUT2D eigenvalue weighted by molar-refractivity contribution is 7.62. The number of carbonyl (C=O) groups excluding carboxylic acids is 2. The minimum atomic E-state index is 0.0386. The number of rotatable bonds is 7. The normalized spacial score (nSPS) is 11.9. The van der Waals surface area contributed by atoms with E-state index in [0.29, 0.717) is 11.1 Å². The summed E-state index contributed by atoms with van der Waals surface area (Å²) in [6.45, 7) is 0. The Balaban J connectivity index is 1.29. The van der Waals surface area contributed by atoms with Crippen LogP contribution in [0.15, 0.2) is 85.2 Å². The van der Waals surface area contributed by atoms with Gasteiger partial charge in [-0.15, -0.1) is 0 Å². The molecule has 0 bridgehead atoms. The summed E-state index contributed by atoms with van der Waals surface area (Å²) in [6.07, 6.45) is 3.55. The van der Waals surface area contributed by atoms with Crippen LogP contribution in [0.4, 0.5) is 0 Å². The van der Waals surface area contributed by atoms with Crippen LogP contribution in [0.25, 0.3) is 55.2 Å². The summed E-state index contributed by atoms with van der Waals surface area (Å²) in [4.78, 5) is 36.5. The number of aromatic nitrogens is 4. The molecule has 2 aromatic heterocycles. The Morgan fingerprint density at radius 2 is 0.889 bits per heavy atom. The number of benzene rings is 4. The summed E-state index contributed by atoms with van der Waals surface area (Å²) in [7, 11) is 0.0773. The fraction of sp³-hybridized carbons (Fsp3) is 0. The van der Waals surface area contributed by atoms with Crippen molar-refractivity contribution in [2.24, 2.45) is 0 Å². The SMILES string of the molecule is O=CPc1ncc(-c2ccc3cc(-c4ccc5cc(-c6cnc(PC=O)[nH]6)ccc5c4)ccc3c2)[nH]1. The fourth-order valence-corrected chi connectivity index (χ4v) is 5.29. The van der Waals surface area contributed by atoms with E-state index in [1.807, 2.05) is 0 Å². The molecule has 0 aliphatic heterocycles. The molecule has 6 rings (SSSR count). The molecule has 2 N–H and O–H groups in total. The largest absolute Gasteiger partial charge is 0.338 e. The Bertz CT molecular complexity index is 1630. The number of fused-ring (bicyclic) bond motifs is 2. The third kappa shape index (κ3) is 4.37. The summed E-state index contributed by atoms with van der Waals surface area (Å²) in [5.74, 6) is 0. The third-order valence-corrected chi connectivity index (χ3v) is 7.47. The van der Waals surface area contributed by atoms with Crippen molar-refractivity contribution in [1.82, 2.24) is 19.9 Å². The van der Waals surface area contributed by atoms with Gasteiger partial charge in [0.2, 0.25) is 0 Å². The maximum Gasteiger partial charge on any atom is 0.146 e. The molecule has 0 amide bonds. The van der Waals surface area contributed by atoms with Gasteiger partial charge >= 0.3 is 0 Å². The van der Waals surface area contributed by atoms with Gasteiger partial charge < -0.3 is 9.97 Å². The number of imidazole rings is 2. The van der Waals surface area contributed by atoms with E-state index in [1.54, 1.807) is 12.4 Å². The van der Waals surface area contributed by atoms with Crippen molar-refractivity contribution in [2.75, 3.05) is 0 Å². The van der Waals surface area contributed by atoms with Crippen molar-refractivity contribution in [3.8, 4) is 33.6 Å². The molecule has 6 nitrogen and oxygen atoms in total. The molecular formula is C28H20N4O2P2. The number of H-pyrrole nitrogens is 2.